The lowest BCUT2D eigenvalue weighted by Crippen LogP contribution is -2.46. The minimum absolute atomic E-state index is 0.00155. The van der Waals surface area contributed by atoms with Gasteiger partial charge < -0.3 is 14.9 Å². The molecule has 1 aliphatic heterocycles. The third-order valence-electron chi connectivity index (χ3n) is 5.08. The molecule has 2 aromatic rings. The molecule has 0 saturated carbocycles. The molecule has 1 fully saturated rings. The van der Waals surface area contributed by atoms with Gasteiger partial charge in [-0.2, -0.15) is 0 Å². The molecule has 148 valence electrons. The van der Waals surface area contributed by atoms with Crippen molar-refractivity contribution in [1.82, 2.24) is 9.88 Å². The monoisotopic (exact) mass is 385 g/mol. The molecule has 0 aliphatic carbocycles. The molecule has 1 N–H and O–H groups in total. The van der Waals surface area contributed by atoms with Gasteiger partial charge in [-0.25, -0.2) is 14.2 Å². The van der Waals surface area contributed by atoms with E-state index in [1.54, 1.807) is 24.4 Å². The predicted molar refractivity (Wildman–Crippen MR) is 104 cm³/mol. The van der Waals surface area contributed by atoms with Crippen LogP contribution in [0, 0.1) is 11.7 Å². The van der Waals surface area contributed by atoms with E-state index >= 15 is 0 Å². The largest absolute Gasteiger partial charge is 0.478 e. The first-order valence-corrected chi connectivity index (χ1v) is 9.34. The maximum absolute atomic E-state index is 13.2. The van der Waals surface area contributed by atoms with E-state index in [-0.39, 0.29) is 35.7 Å². The smallest absolute Gasteiger partial charge is 0.339 e. The van der Waals surface area contributed by atoms with Crippen LogP contribution in [0.3, 0.4) is 0 Å². The summed E-state index contributed by atoms with van der Waals surface area (Å²) >= 11 is 0. The Morgan fingerprint density at radius 1 is 1.29 bits per heavy atom. The molecule has 7 heteroatoms. The maximum Gasteiger partial charge on any atom is 0.339 e. The molecule has 6 nitrogen and oxygen atoms in total. The number of anilines is 1. The number of hydrogen-bond acceptors (Lipinski definition) is 4. The SMILES string of the molecule is CC(C)[C@H]1CN(c2ncccc2C(=O)O)CCC(=O)N1Cc1ccc(F)cc1. The molecule has 0 spiro atoms. The summed E-state index contributed by atoms with van der Waals surface area (Å²) in [5, 5.41) is 9.49. The van der Waals surface area contributed by atoms with Crippen LogP contribution in [0.1, 0.15) is 36.2 Å². The molecule has 28 heavy (non-hydrogen) atoms. The van der Waals surface area contributed by atoms with Crippen LogP contribution in [-0.4, -0.2) is 46.0 Å². The van der Waals surface area contributed by atoms with Crippen LogP contribution in [0.25, 0.3) is 0 Å². The number of hydrogen-bond donors (Lipinski definition) is 1. The van der Waals surface area contributed by atoms with Crippen LogP contribution in [0.4, 0.5) is 10.2 Å². The Hall–Kier alpha value is -2.96. The summed E-state index contributed by atoms with van der Waals surface area (Å²) < 4.78 is 13.2. The minimum atomic E-state index is -1.04. The standard InChI is InChI=1S/C21H24FN3O3/c1-14(2)18-13-24(20-17(21(27)28)4-3-10-23-20)11-9-19(26)25(18)12-15-5-7-16(22)8-6-15/h3-8,10,14,18H,9,11-13H2,1-2H3,(H,27,28)/t18-/m1/s1. The number of rotatable bonds is 5. The number of aromatic nitrogens is 1. The molecular weight excluding hydrogens is 361 g/mol. The van der Waals surface area contributed by atoms with Gasteiger partial charge in [0, 0.05) is 32.3 Å². The lowest BCUT2D eigenvalue weighted by atomic mass is 10.0. The number of carboxylic acids is 1. The number of aromatic carboxylic acids is 1. The number of carbonyl (C=O) groups excluding carboxylic acids is 1. The second-order valence-corrected chi connectivity index (χ2v) is 7.34. The number of carbonyl (C=O) groups is 2. The molecule has 1 amide bonds. The van der Waals surface area contributed by atoms with Gasteiger partial charge in [0.05, 0.1) is 6.04 Å². The number of pyridine rings is 1. The summed E-state index contributed by atoms with van der Waals surface area (Å²) in [7, 11) is 0. The molecule has 1 saturated heterocycles. The summed E-state index contributed by atoms with van der Waals surface area (Å²) in [4.78, 5) is 32.5. The first-order chi connectivity index (χ1) is 13.4. The second kappa shape index (κ2) is 8.37. The fourth-order valence-corrected chi connectivity index (χ4v) is 3.55. The Morgan fingerprint density at radius 2 is 2.00 bits per heavy atom. The highest BCUT2D eigenvalue weighted by Crippen LogP contribution is 2.25. The molecule has 3 rings (SSSR count). The van der Waals surface area contributed by atoms with Crippen molar-refractivity contribution in [3.8, 4) is 0 Å². The van der Waals surface area contributed by atoms with E-state index in [1.807, 2.05) is 23.6 Å². The molecule has 0 unspecified atom stereocenters. The van der Waals surface area contributed by atoms with E-state index in [0.717, 1.165) is 5.56 Å². The van der Waals surface area contributed by atoms with E-state index < -0.39 is 5.97 Å². The Kier molecular flexibility index (Phi) is 5.92. The Morgan fingerprint density at radius 3 is 2.64 bits per heavy atom. The third kappa shape index (κ3) is 4.30. The summed E-state index contributed by atoms with van der Waals surface area (Å²) in [6.07, 6.45) is 1.83. The highest BCUT2D eigenvalue weighted by molar-refractivity contribution is 5.93. The van der Waals surface area contributed by atoms with Crippen molar-refractivity contribution in [3.05, 3.63) is 59.5 Å². The van der Waals surface area contributed by atoms with Gasteiger partial charge in [0.15, 0.2) is 0 Å². The fraction of sp³-hybridized carbons (Fsp3) is 0.381. The summed E-state index contributed by atoms with van der Waals surface area (Å²) in [5.41, 5.74) is 0.988. The zero-order valence-corrected chi connectivity index (χ0v) is 16.0. The number of halogens is 1. The van der Waals surface area contributed by atoms with Crippen LogP contribution in [0.5, 0.6) is 0 Å². The van der Waals surface area contributed by atoms with Gasteiger partial charge in [0.2, 0.25) is 5.91 Å². The van der Waals surface area contributed by atoms with Crippen molar-refractivity contribution >= 4 is 17.7 Å². The molecule has 1 aliphatic rings. The lowest BCUT2D eigenvalue weighted by molar-refractivity contribution is -0.134. The first kappa shape index (κ1) is 19.8. The van der Waals surface area contributed by atoms with Crippen LogP contribution in [-0.2, 0) is 11.3 Å². The zero-order valence-electron chi connectivity index (χ0n) is 16.0. The Labute approximate surface area is 163 Å². The average Bonchev–Trinajstić information content (AvgIpc) is 2.83. The molecule has 1 aromatic heterocycles. The van der Waals surface area contributed by atoms with Crippen molar-refractivity contribution < 1.29 is 19.1 Å². The Balaban J connectivity index is 1.90. The van der Waals surface area contributed by atoms with Crippen molar-refractivity contribution in [3.63, 3.8) is 0 Å². The number of carboxylic acid groups (broad SMARTS) is 1. The van der Waals surface area contributed by atoms with Gasteiger partial charge in [-0.15, -0.1) is 0 Å². The lowest BCUT2D eigenvalue weighted by Gasteiger charge is -2.35. The van der Waals surface area contributed by atoms with Gasteiger partial charge in [-0.05, 0) is 35.7 Å². The van der Waals surface area contributed by atoms with E-state index in [0.29, 0.717) is 25.5 Å². The van der Waals surface area contributed by atoms with Gasteiger partial charge in [-0.3, -0.25) is 4.79 Å². The normalized spacial score (nSPS) is 17.7. The van der Waals surface area contributed by atoms with Gasteiger partial charge in [0.25, 0.3) is 0 Å². The third-order valence-corrected chi connectivity index (χ3v) is 5.08. The number of benzene rings is 1. The van der Waals surface area contributed by atoms with E-state index in [4.69, 9.17) is 0 Å². The summed E-state index contributed by atoms with van der Waals surface area (Å²) in [5.74, 6) is -0.811. The molecule has 1 atom stereocenters. The number of nitrogens with zero attached hydrogens (tertiary/aromatic N) is 3. The molecule has 0 bridgehead atoms. The van der Waals surface area contributed by atoms with E-state index in [2.05, 4.69) is 4.98 Å². The van der Waals surface area contributed by atoms with Crippen molar-refractivity contribution in [1.29, 1.82) is 0 Å². The topological polar surface area (TPSA) is 73.7 Å². The molecule has 2 heterocycles. The van der Waals surface area contributed by atoms with Crippen molar-refractivity contribution in [2.24, 2.45) is 5.92 Å². The van der Waals surface area contributed by atoms with E-state index in [9.17, 15) is 19.1 Å². The van der Waals surface area contributed by atoms with Crippen LogP contribution in [0.2, 0.25) is 0 Å². The highest BCUT2D eigenvalue weighted by atomic mass is 19.1. The summed E-state index contributed by atoms with van der Waals surface area (Å²) in [6, 6.07) is 9.15. The minimum Gasteiger partial charge on any atom is -0.478 e. The average molecular weight is 385 g/mol. The molecule has 1 aromatic carbocycles. The predicted octanol–water partition coefficient (Wildman–Crippen LogP) is 3.18. The molecular formula is C21H24FN3O3. The van der Waals surface area contributed by atoms with Crippen molar-refractivity contribution in [2.75, 3.05) is 18.0 Å². The van der Waals surface area contributed by atoms with Gasteiger partial charge in [-0.1, -0.05) is 26.0 Å². The van der Waals surface area contributed by atoms with E-state index in [1.165, 1.54) is 18.2 Å². The van der Waals surface area contributed by atoms with Gasteiger partial charge in [0.1, 0.15) is 17.2 Å². The quantitative estimate of drug-likeness (QED) is 0.856. The highest BCUT2D eigenvalue weighted by Gasteiger charge is 2.33. The molecule has 0 radical (unpaired) electrons. The summed E-state index contributed by atoms with van der Waals surface area (Å²) in [6.45, 7) is 5.36. The fourth-order valence-electron chi connectivity index (χ4n) is 3.55. The first-order valence-electron chi connectivity index (χ1n) is 9.34. The van der Waals surface area contributed by atoms with Crippen LogP contribution < -0.4 is 4.90 Å². The Bertz CT molecular complexity index is 854. The zero-order chi connectivity index (χ0) is 20.3. The van der Waals surface area contributed by atoms with Crippen molar-refractivity contribution in [2.45, 2.75) is 32.9 Å². The number of amides is 1. The second-order valence-electron chi connectivity index (χ2n) is 7.34. The maximum atomic E-state index is 13.2. The van der Waals surface area contributed by atoms with Crippen LogP contribution in [0.15, 0.2) is 42.6 Å². The van der Waals surface area contributed by atoms with Gasteiger partial charge >= 0.3 is 5.97 Å². The van der Waals surface area contributed by atoms with Crippen LogP contribution >= 0.6 is 0 Å².